The Labute approximate surface area is 141 Å². The zero-order chi connectivity index (χ0) is 15.6. The third kappa shape index (κ3) is 2.73. The Hall–Kier alpha value is -0.130. The number of carbonyl (C=O) groups excluding carboxylic acids is 1. The number of nitrogens with one attached hydrogen (secondary N) is 1. The summed E-state index contributed by atoms with van der Waals surface area (Å²) in [5.41, 5.74) is -0.504. The van der Waals surface area contributed by atoms with Crippen molar-refractivity contribution in [3.63, 3.8) is 0 Å². The zero-order valence-corrected chi connectivity index (χ0v) is 15.1. The molecule has 1 amide bonds. The van der Waals surface area contributed by atoms with Gasteiger partial charge in [0.25, 0.3) is 0 Å². The van der Waals surface area contributed by atoms with Gasteiger partial charge >= 0.3 is 0 Å². The minimum Gasteiger partial charge on any atom is -0.353 e. The van der Waals surface area contributed by atoms with Crippen molar-refractivity contribution in [3.8, 4) is 0 Å². The molecule has 0 bridgehead atoms. The summed E-state index contributed by atoms with van der Waals surface area (Å²) in [6, 6.07) is 0.249. The quantitative estimate of drug-likeness (QED) is 0.751. The number of amides is 1. The molecular formula is C17H28BrNO3. The predicted octanol–water partition coefficient (Wildman–Crippen LogP) is 3.38. The first-order chi connectivity index (χ1) is 10.6. The Morgan fingerprint density at radius 3 is 2.32 bits per heavy atom. The second-order valence-corrected chi connectivity index (χ2v) is 7.74. The largest absolute Gasteiger partial charge is 0.353 e. The van der Waals surface area contributed by atoms with Crippen LogP contribution in [0.25, 0.3) is 0 Å². The van der Waals surface area contributed by atoms with Gasteiger partial charge in [0.05, 0.1) is 18.5 Å². The van der Waals surface area contributed by atoms with Crippen molar-refractivity contribution >= 4 is 21.8 Å². The molecule has 22 heavy (non-hydrogen) atoms. The molecule has 3 fully saturated rings. The molecule has 0 aromatic carbocycles. The summed E-state index contributed by atoms with van der Waals surface area (Å²) in [4.78, 5) is 13.1. The van der Waals surface area contributed by atoms with E-state index in [1.807, 2.05) is 0 Å². The first-order valence-corrected chi connectivity index (χ1v) is 9.90. The lowest BCUT2D eigenvalue weighted by atomic mass is 9.62. The third-order valence-corrected chi connectivity index (χ3v) is 6.75. The van der Waals surface area contributed by atoms with Crippen LogP contribution in [0.5, 0.6) is 0 Å². The van der Waals surface area contributed by atoms with Crippen LogP contribution in [-0.4, -0.2) is 36.3 Å². The summed E-state index contributed by atoms with van der Waals surface area (Å²) in [5, 5.41) is 3.87. The fourth-order valence-electron chi connectivity index (χ4n) is 4.34. The molecule has 1 unspecified atom stereocenters. The molecular weight excluding hydrogens is 346 g/mol. The molecule has 0 spiro atoms. The molecule has 0 radical (unpaired) electrons. The van der Waals surface area contributed by atoms with E-state index in [2.05, 4.69) is 28.2 Å². The Morgan fingerprint density at radius 1 is 1.18 bits per heavy atom. The van der Waals surface area contributed by atoms with Crippen LogP contribution in [-0.2, 0) is 14.3 Å². The van der Waals surface area contributed by atoms with E-state index in [0.717, 1.165) is 19.3 Å². The summed E-state index contributed by atoms with van der Waals surface area (Å²) < 4.78 is 11.8. The molecule has 2 aliphatic carbocycles. The van der Waals surface area contributed by atoms with Gasteiger partial charge in [-0.3, -0.25) is 4.79 Å². The summed E-state index contributed by atoms with van der Waals surface area (Å²) in [7, 11) is 0. The molecule has 3 aliphatic rings. The lowest BCUT2D eigenvalue weighted by molar-refractivity contribution is -0.240. The normalized spacial score (nSPS) is 28.8. The number of halogens is 1. The Bertz CT molecular complexity index is 399. The number of alkyl halides is 1. The predicted molar refractivity (Wildman–Crippen MR) is 88.9 cm³/mol. The van der Waals surface area contributed by atoms with E-state index in [1.54, 1.807) is 0 Å². The second kappa shape index (κ2) is 6.78. The highest BCUT2D eigenvalue weighted by molar-refractivity contribution is 9.09. The van der Waals surface area contributed by atoms with Crippen molar-refractivity contribution in [2.24, 2.45) is 11.3 Å². The third-order valence-electron chi connectivity index (χ3n) is 6.02. The average molecular weight is 374 g/mol. The summed E-state index contributed by atoms with van der Waals surface area (Å²) in [6.45, 7) is 3.33. The molecule has 5 heteroatoms. The first-order valence-electron chi connectivity index (χ1n) is 8.78. The number of hydrogen-bond donors (Lipinski definition) is 1. The van der Waals surface area contributed by atoms with E-state index in [1.165, 1.54) is 32.1 Å². The van der Waals surface area contributed by atoms with Crippen LogP contribution in [0.3, 0.4) is 0 Å². The van der Waals surface area contributed by atoms with E-state index in [-0.39, 0.29) is 11.9 Å². The highest BCUT2D eigenvalue weighted by Crippen LogP contribution is 2.54. The topological polar surface area (TPSA) is 47.6 Å². The van der Waals surface area contributed by atoms with Crippen molar-refractivity contribution in [3.05, 3.63) is 0 Å². The van der Waals surface area contributed by atoms with Crippen LogP contribution in [0.1, 0.15) is 58.3 Å². The highest BCUT2D eigenvalue weighted by atomic mass is 79.9. The van der Waals surface area contributed by atoms with Crippen LogP contribution in [0.2, 0.25) is 0 Å². The average Bonchev–Trinajstić information content (AvgIpc) is 2.97. The van der Waals surface area contributed by atoms with E-state index < -0.39 is 11.2 Å². The smallest absolute Gasteiger partial charge is 0.231 e. The zero-order valence-electron chi connectivity index (χ0n) is 13.5. The fourth-order valence-corrected chi connectivity index (χ4v) is 5.20. The number of carbonyl (C=O) groups is 1. The molecule has 1 atom stereocenters. The van der Waals surface area contributed by atoms with Gasteiger partial charge in [-0.2, -0.15) is 0 Å². The van der Waals surface area contributed by atoms with Gasteiger partial charge in [-0.1, -0.05) is 41.6 Å². The van der Waals surface area contributed by atoms with Crippen molar-refractivity contribution in [1.82, 2.24) is 5.32 Å². The SMILES string of the molecule is CC(NC(=O)C1(C2(CBr)OCCO2)CCC1)C1CCCCC1. The molecule has 3 rings (SSSR count). The molecule has 1 N–H and O–H groups in total. The molecule has 2 saturated carbocycles. The van der Waals surface area contributed by atoms with E-state index in [9.17, 15) is 4.79 Å². The number of rotatable bonds is 5. The number of ether oxygens (including phenoxy) is 2. The van der Waals surface area contributed by atoms with Gasteiger partial charge in [-0.25, -0.2) is 0 Å². The van der Waals surface area contributed by atoms with Crippen LogP contribution in [0.4, 0.5) is 0 Å². The van der Waals surface area contributed by atoms with Gasteiger partial charge in [0.1, 0.15) is 5.41 Å². The maximum absolute atomic E-state index is 13.1. The minimum atomic E-state index is -0.762. The standard InChI is InChI=1S/C17H28BrNO3/c1-13(14-6-3-2-4-7-14)19-15(20)16(8-5-9-16)17(12-18)21-10-11-22-17/h13-14H,2-12H2,1H3,(H,19,20). The molecule has 0 aromatic rings. The minimum absolute atomic E-state index is 0.137. The van der Waals surface area contributed by atoms with Crippen molar-refractivity contribution in [2.75, 3.05) is 18.5 Å². The Balaban J connectivity index is 1.68. The highest BCUT2D eigenvalue weighted by Gasteiger charge is 2.63. The molecule has 1 heterocycles. The summed E-state index contributed by atoms with van der Waals surface area (Å²) in [5.74, 6) is 0.0000637. The lowest BCUT2D eigenvalue weighted by Gasteiger charge is -2.50. The van der Waals surface area contributed by atoms with Crippen LogP contribution < -0.4 is 5.32 Å². The van der Waals surface area contributed by atoms with E-state index >= 15 is 0 Å². The molecule has 1 aliphatic heterocycles. The molecule has 126 valence electrons. The van der Waals surface area contributed by atoms with E-state index in [0.29, 0.717) is 24.5 Å². The summed E-state index contributed by atoms with van der Waals surface area (Å²) in [6.07, 6.45) is 9.23. The monoisotopic (exact) mass is 373 g/mol. The second-order valence-electron chi connectivity index (χ2n) is 7.18. The van der Waals surface area contributed by atoms with Crippen molar-refractivity contribution in [1.29, 1.82) is 0 Å². The number of hydrogen-bond acceptors (Lipinski definition) is 3. The fraction of sp³-hybridized carbons (Fsp3) is 0.941. The Morgan fingerprint density at radius 2 is 1.82 bits per heavy atom. The van der Waals surface area contributed by atoms with Gasteiger partial charge in [-0.05, 0) is 38.5 Å². The van der Waals surface area contributed by atoms with Crippen LogP contribution in [0.15, 0.2) is 0 Å². The Kier molecular flexibility index (Phi) is 5.15. The van der Waals surface area contributed by atoms with Gasteiger partial charge in [0, 0.05) is 6.04 Å². The molecule has 1 saturated heterocycles. The van der Waals surface area contributed by atoms with Gasteiger partial charge in [-0.15, -0.1) is 0 Å². The maximum Gasteiger partial charge on any atom is 0.231 e. The van der Waals surface area contributed by atoms with Crippen LogP contribution >= 0.6 is 15.9 Å². The first kappa shape index (κ1) is 16.7. The van der Waals surface area contributed by atoms with Gasteiger partial charge < -0.3 is 14.8 Å². The lowest BCUT2D eigenvalue weighted by Crippen LogP contribution is -2.63. The van der Waals surface area contributed by atoms with Gasteiger partial charge in [0.2, 0.25) is 5.91 Å². The molecule has 0 aromatic heterocycles. The van der Waals surface area contributed by atoms with Crippen molar-refractivity contribution < 1.29 is 14.3 Å². The van der Waals surface area contributed by atoms with E-state index in [4.69, 9.17) is 9.47 Å². The molecule has 4 nitrogen and oxygen atoms in total. The van der Waals surface area contributed by atoms with Gasteiger partial charge in [0.15, 0.2) is 5.79 Å². The maximum atomic E-state index is 13.1. The van der Waals surface area contributed by atoms with Crippen molar-refractivity contribution in [2.45, 2.75) is 70.1 Å². The van der Waals surface area contributed by atoms with Crippen LogP contribution in [0, 0.1) is 11.3 Å². The summed E-state index contributed by atoms with van der Waals surface area (Å²) >= 11 is 3.53.